The second-order valence-corrected chi connectivity index (χ2v) is 9.54. The first-order valence-electron chi connectivity index (χ1n) is 10.3. The molecule has 1 N–H and O–H groups in total. The molecule has 0 saturated heterocycles. The molecule has 11 heteroatoms. The number of halogens is 5. The van der Waals surface area contributed by atoms with Gasteiger partial charge in [-0.1, -0.05) is 50.0 Å². The van der Waals surface area contributed by atoms with Gasteiger partial charge in [0.2, 0.25) is 0 Å². The lowest BCUT2D eigenvalue weighted by Crippen LogP contribution is -2.25. The van der Waals surface area contributed by atoms with Crippen molar-refractivity contribution in [1.29, 1.82) is 0 Å². The maximum atomic E-state index is 13.8. The third-order valence-electron chi connectivity index (χ3n) is 5.27. The summed E-state index contributed by atoms with van der Waals surface area (Å²) in [5.41, 5.74) is -2.27. The molecule has 0 unspecified atom stereocenters. The number of aromatic nitrogens is 3. The van der Waals surface area contributed by atoms with Gasteiger partial charge in [-0.2, -0.15) is 18.3 Å². The van der Waals surface area contributed by atoms with Gasteiger partial charge in [-0.15, -0.1) is 0 Å². The first-order chi connectivity index (χ1) is 15.6. The Morgan fingerprint density at radius 1 is 1.09 bits per heavy atom. The number of carbonyl (C=O) groups is 1. The molecule has 0 aliphatic rings. The van der Waals surface area contributed by atoms with Gasteiger partial charge in [0.1, 0.15) is 11.3 Å². The van der Waals surface area contributed by atoms with Crippen molar-refractivity contribution in [3.63, 3.8) is 0 Å². The summed E-state index contributed by atoms with van der Waals surface area (Å²) in [5.74, 6) is -1.47. The SMILES string of the molecule is CCn1c(Cn2nc(C(C)(C)C)cc2C(F)(F)F)cc(=O)c(C(=O)O)c1-c1ccc(Cl)c(Cl)c1. The molecule has 182 valence electrons. The minimum absolute atomic E-state index is 0.0211. The fraction of sp³-hybridized carbons (Fsp3) is 0.348. The molecule has 3 rings (SSSR count). The number of aromatic carboxylic acids is 1. The van der Waals surface area contributed by atoms with Gasteiger partial charge in [-0.3, -0.25) is 9.48 Å². The fourth-order valence-electron chi connectivity index (χ4n) is 3.62. The van der Waals surface area contributed by atoms with Crippen molar-refractivity contribution >= 4 is 29.2 Å². The first kappa shape index (κ1) is 25.8. The highest BCUT2D eigenvalue weighted by molar-refractivity contribution is 6.42. The van der Waals surface area contributed by atoms with Gasteiger partial charge >= 0.3 is 12.1 Å². The van der Waals surface area contributed by atoms with E-state index >= 15 is 0 Å². The summed E-state index contributed by atoms with van der Waals surface area (Å²) >= 11 is 12.1. The molecule has 6 nitrogen and oxygen atoms in total. The highest BCUT2D eigenvalue weighted by Crippen LogP contribution is 2.34. The van der Waals surface area contributed by atoms with Crippen LogP contribution in [0.15, 0.2) is 35.1 Å². The average molecular weight is 516 g/mol. The Hall–Kier alpha value is -2.78. The molecule has 0 fully saturated rings. The maximum Gasteiger partial charge on any atom is 0.433 e. The smallest absolute Gasteiger partial charge is 0.433 e. The zero-order valence-corrected chi connectivity index (χ0v) is 20.3. The number of rotatable bonds is 5. The normalized spacial score (nSPS) is 12.3. The number of hydrogen-bond donors (Lipinski definition) is 1. The Morgan fingerprint density at radius 3 is 2.24 bits per heavy atom. The predicted octanol–water partition coefficient (Wildman–Crippen LogP) is 6.10. The third kappa shape index (κ3) is 5.00. The van der Waals surface area contributed by atoms with Crippen LogP contribution in [0, 0.1) is 0 Å². The van der Waals surface area contributed by atoms with Crippen molar-refractivity contribution in [3.8, 4) is 11.3 Å². The van der Waals surface area contributed by atoms with Gasteiger partial charge in [-0.25, -0.2) is 4.79 Å². The topological polar surface area (TPSA) is 77.1 Å². The molecular weight excluding hydrogens is 494 g/mol. The van der Waals surface area contributed by atoms with Crippen LogP contribution in [-0.2, 0) is 24.7 Å². The minimum Gasteiger partial charge on any atom is -0.477 e. The van der Waals surface area contributed by atoms with Crippen molar-refractivity contribution in [2.75, 3.05) is 0 Å². The van der Waals surface area contributed by atoms with Crippen LogP contribution in [0.1, 0.15) is 55.1 Å². The number of pyridine rings is 1. The molecular formula is C23H22Cl2F3N3O3. The Labute approximate surface area is 203 Å². The van der Waals surface area contributed by atoms with Gasteiger partial charge in [0.15, 0.2) is 5.43 Å². The van der Waals surface area contributed by atoms with Crippen LogP contribution in [0.5, 0.6) is 0 Å². The van der Waals surface area contributed by atoms with Crippen molar-refractivity contribution in [3.05, 3.63) is 73.2 Å². The van der Waals surface area contributed by atoms with E-state index in [2.05, 4.69) is 5.10 Å². The van der Waals surface area contributed by atoms with Gasteiger partial charge in [0.05, 0.1) is 28.0 Å². The molecule has 0 saturated carbocycles. The van der Waals surface area contributed by atoms with Gasteiger partial charge < -0.3 is 9.67 Å². The highest BCUT2D eigenvalue weighted by Gasteiger charge is 2.37. The zero-order valence-electron chi connectivity index (χ0n) is 18.8. The van der Waals surface area contributed by atoms with Crippen LogP contribution in [0.25, 0.3) is 11.3 Å². The van der Waals surface area contributed by atoms with Crippen LogP contribution in [-0.4, -0.2) is 25.4 Å². The Balaban J connectivity index is 2.30. The van der Waals surface area contributed by atoms with Crippen molar-refractivity contribution in [1.82, 2.24) is 14.3 Å². The van der Waals surface area contributed by atoms with E-state index in [-0.39, 0.29) is 33.7 Å². The van der Waals surface area contributed by atoms with Crippen LogP contribution >= 0.6 is 23.2 Å². The number of hydrogen-bond acceptors (Lipinski definition) is 3. The molecule has 0 bridgehead atoms. The molecule has 0 amide bonds. The first-order valence-corrected chi connectivity index (χ1v) is 11.0. The molecule has 2 heterocycles. The lowest BCUT2D eigenvalue weighted by atomic mass is 9.92. The van der Waals surface area contributed by atoms with Crippen LogP contribution < -0.4 is 5.43 Å². The fourth-order valence-corrected chi connectivity index (χ4v) is 3.92. The minimum atomic E-state index is -4.68. The van der Waals surface area contributed by atoms with Gasteiger partial charge in [0.25, 0.3) is 0 Å². The van der Waals surface area contributed by atoms with E-state index in [1.807, 2.05) is 0 Å². The number of carboxylic acids is 1. The van der Waals surface area contributed by atoms with E-state index in [0.29, 0.717) is 5.56 Å². The average Bonchev–Trinajstić information content (AvgIpc) is 3.14. The summed E-state index contributed by atoms with van der Waals surface area (Å²) in [7, 11) is 0. The molecule has 0 spiro atoms. The Bertz CT molecular complexity index is 1320. The third-order valence-corrected chi connectivity index (χ3v) is 6.01. The monoisotopic (exact) mass is 515 g/mol. The molecule has 0 aliphatic heterocycles. The van der Waals surface area contributed by atoms with Crippen molar-refractivity contribution in [2.24, 2.45) is 0 Å². The highest BCUT2D eigenvalue weighted by atomic mass is 35.5. The molecule has 2 aromatic heterocycles. The summed E-state index contributed by atoms with van der Waals surface area (Å²) in [6.07, 6.45) is -4.68. The number of benzene rings is 1. The molecule has 1 aromatic carbocycles. The number of carboxylic acid groups (broad SMARTS) is 1. The maximum absolute atomic E-state index is 13.8. The Kier molecular flexibility index (Phi) is 6.92. The van der Waals surface area contributed by atoms with Crippen LogP contribution in [0.4, 0.5) is 13.2 Å². The number of nitrogens with zero attached hydrogens (tertiary/aromatic N) is 3. The molecule has 0 aliphatic carbocycles. The molecule has 3 aromatic rings. The largest absolute Gasteiger partial charge is 0.477 e. The van der Waals surface area contributed by atoms with Gasteiger partial charge in [-0.05, 0) is 25.1 Å². The summed E-state index contributed by atoms with van der Waals surface area (Å²) in [4.78, 5) is 24.8. The van der Waals surface area contributed by atoms with E-state index in [0.717, 1.165) is 16.8 Å². The summed E-state index contributed by atoms with van der Waals surface area (Å²) in [6.45, 7) is 6.68. The van der Waals surface area contributed by atoms with Crippen molar-refractivity contribution < 1.29 is 23.1 Å². The van der Waals surface area contributed by atoms with E-state index in [1.165, 1.54) is 22.8 Å². The van der Waals surface area contributed by atoms with Crippen LogP contribution in [0.3, 0.4) is 0 Å². The molecule has 34 heavy (non-hydrogen) atoms. The Morgan fingerprint density at radius 2 is 1.74 bits per heavy atom. The van der Waals surface area contributed by atoms with E-state index in [4.69, 9.17) is 23.2 Å². The summed E-state index contributed by atoms with van der Waals surface area (Å²) < 4.78 is 43.6. The van der Waals surface area contributed by atoms with Gasteiger partial charge in [0, 0.05) is 29.3 Å². The zero-order chi connectivity index (χ0) is 25.6. The summed E-state index contributed by atoms with van der Waals surface area (Å²) in [6, 6.07) is 6.38. The lowest BCUT2D eigenvalue weighted by Gasteiger charge is -2.21. The molecule has 0 atom stereocenters. The van der Waals surface area contributed by atoms with E-state index in [9.17, 15) is 27.9 Å². The summed E-state index contributed by atoms with van der Waals surface area (Å²) in [5, 5.41) is 14.3. The van der Waals surface area contributed by atoms with E-state index < -0.39 is 40.8 Å². The second kappa shape index (κ2) is 9.11. The van der Waals surface area contributed by atoms with Crippen molar-refractivity contribution in [2.45, 2.75) is 52.4 Å². The predicted molar refractivity (Wildman–Crippen MR) is 124 cm³/mol. The standard InChI is InChI=1S/C23H22Cl2F3N3O3/c1-5-30-13(11-31-18(23(26,27)28)10-17(29-31)22(2,3)4)9-16(32)19(21(33)34)20(30)12-6-7-14(24)15(25)8-12/h6-10H,5,11H2,1-4H3,(H,33,34). The molecule has 0 radical (unpaired) electrons. The lowest BCUT2D eigenvalue weighted by molar-refractivity contribution is -0.144. The second-order valence-electron chi connectivity index (χ2n) is 8.72. The van der Waals surface area contributed by atoms with Crippen LogP contribution in [0.2, 0.25) is 10.0 Å². The van der Waals surface area contributed by atoms with E-state index in [1.54, 1.807) is 27.7 Å². The number of alkyl halides is 3. The quantitative estimate of drug-likeness (QED) is 0.445.